The molecule has 0 radical (unpaired) electrons. The molecule has 2 aliphatic rings. The maximum Gasteiger partial charge on any atom is 0.257 e. The van der Waals surface area contributed by atoms with Crippen LogP contribution in [0.25, 0.3) is 0 Å². The summed E-state index contributed by atoms with van der Waals surface area (Å²) in [5.41, 5.74) is 0.460. The second-order valence-corrected chi connectivity index (χ2v) is 5.28. The lowest BCUT2D eigenvalue weighted by Gasteiger charge is -2.21. The van der Waals surface area contributed by atoms with Crippen molar-refractivity contribution in [2.45, 2.75) is 0 Å². The van der Waals surface area contributed by atoms with Crippen LogP contribution in [0.1, 0.15) is 10.4 Å². The second-order valence-electron chi connectivity index (χ2n) is 4.19. The smallest absolute Gasteiger partial charge is 0.257 e. The van der Waals surface area contributed by atoms with Crippen LogP contribution in [0.5, 0.6) is 17.2 Å². The molecule has 0 bridgehead atoms. The van der Waals surface area contributed by atoms with Gasteiger partial charge in [0.05, 0.1) is 13.7 Å². The average Bonchev–Trinajstić information content (AvgIpc) is 2.99. The molecule has 2 aliphatic heterocycles. The summed E-state index contributed by atoms with van der Waals surface area (Å²) in [6, 6.07) is 3.30. The first-order valence-electron chi connectivity index (χ1n) is 6.24. The normalized spacial score (nSPS) is 16.6. The molecular formula is C13H14N2O4S. The number of amides is 1. The van der Waals surface area contributed by atoms with Gasteiger partial charge in [-0.25, -0.2) is 0 Å². The molecule has 7 heteroatoms. The van der Waals surface area contributed by atoms with Crippen molar-refractivity contribution in [2.75, 3.05) is 32.6 Å². The lowest BCUT2D eigenvalue weighted by molar-refractivity contribution is 0.0976. The summed E-state index contributed by atoms with van der Waals surface area (Å²) in [5, 5.41) is 3.43. The van der Waals surface area contributed by atoms with E-state index in [0.717, 1.165) is 12.3 Å². The van der Waals surface area contributed by atoms with Crippen LogP contribution in [0.15, 0.2) is 17.1 Å². The van der Waals surface area contributed by atoms with E-state index in [1.165, 1.54) is 18.9 Å². The summed E-state index contributed by atoms with van der Waals surface area (Å²) in [4.78, 5) is 16.4. The van der Waals surface area contributed by atoms with E-state index in [1.807, 2.05) is 0 Å². The van der Waals surface area contributed by atoms with Crippen LogP contribution in [-0.2, 0) is 0 Å². The molecule has 3 rings (SSSR count). The van der Waals surface area contributed by atoms with Gasteiger partial charge in [0.1, 0.15) is 13.2 Å². The summed E-state index contributed by atoms with van der Waals surface area (Å²) in [6.45, 7) is 1.68. The molecule has 20 heavy (non-hydrogen) atoms. The standard InChI is InChI=1S/C13H14N2O4S/c1-17-9-6-8(7-10-11(9)19-4-3-18-10)12(16)15-13-14-2-5-20-13/h6-7H,2-5H2,1H3,(H,14,15,16). The van der Waals surface area contributed by atoms with Gasteiger partial charge in [0.2, 0.25) is 5.75 Å². The lowest BCUT2D eigenvalue weighted by atomic mass is 10.1. The van der Waals surface area contributed by atoms with Gasteiger partial charge in [-0.2, -0.15) is 0 Å². The Balaban J connectivity index is 1.87. The third-order valence-corrected chi connectivity index (χ3v) is 3.79. The molecule has 1 amide bonds. The summed E-state index contributed by atoms with van der Waals surface area (Å²) >= 11 is 1.53. The first-order chi connectivity index (χ1) is 9.78. The van der Waals surface area contributed by atoms with Gasteiger partial charge in [0, 0.05) is 11.3 Å². The Morgan fingerprint density at radius 3 is 3.00 bits per heavy atom. The minimum atomic E-state index is -0.228. The van der Waals surface area contributed by atoms with E-state index in [-0.39, 0.29) is 5.91 Å². The number of benzene rings is 1. The minimum Gasteiger partial charge on any atom is -0.493 e. The molecule has 6 nitrogen and oxygen atoms in total. The molecule has 1 aromatic carbocycles. The minimum absolute atomic E-state index is 0.228. The molecule has 0 saturated heterocycles. The third kappa shape index (κ3) is 2.53. The van der Waals surface area contributed by atoms with Crippen molar-refractivity contribution >= 4 is 22.8 Å². The first kappa shape index (κ1) is 13.1. The zero-order chi connectivity index (χ0) is 13.9. The highest BCUT2D eigenvalue weighted by Gasteiger charge is 2.21. The van der Waals surface area contributed by atoms with Gasteiger partial charge in [-0.3, -0.25) is 9.79 Å². The van der Waals surface area contributed by atoms with Crippen molar-refractivity contribution in [1.82, 2.24) is 5.32 Å². The number of amidine groups is 1. The average molecular weight is 294 g/mol. The predicted octanol–water partition coefficient (Wildman–Crippen LogP) is 1.30. The Bertz CT molecular complexity index is 556. The number of carbonyl (C=O) groups excluding carboxylic acids is 1. The molecule has 0 aliphatic carbocycles. The van der Waals surface area contributed by atoms with E-state index >= 15 is 0 Å². The molecule has 0 fully saturated rings. The first-order valence-corrected chi connectivity index (χ1v) is 7.23. The molecule has 0 unspecified atom stereocenters. The zero-order valence-corrected chi connectivity index (χ0v) is 11.8. The number of nitrogens with one attached hydrogen (secondary N) is 1. The van der Waals surface area contributed by atoms with Gasteiger partial charge < -0.3 is 19.5 Å². The number of nitrogens with zero attached hydrogens (tertiary/aromatic N) is 1. The van der Waals surface area contributed by atoms with Gasteiger partial charge in [-0.15, -0.1) is 0 Å². The molecule has 1 aromatic rings. The number of aliphatic imine (C=N–C) groups is 1. The van der Waals surface area contributed by atoms with Crippen molar-refractivity contribution < 1.29 is 19.0 Å². The highest BCUT2D eigenvalue weighted by Crippen LogP contribution is 2.40. The topological polar surface area (TPSA) is 69.2 Å². The van der Waals surface area contributed by atoms with E-state index in [1.54, 1.807) is 12.1 Å². The Morgan fingerprint density at radius 1 is 1.40 bits per heavy atom. The molecule has 106 valence electrons. The Kier molecular flexibility index (Phi) is 3.68. The third-order valence-electron chi connectivity index (χ3n) is 2.90. The molecule has 0 atom stereocenters. The predicted molar refractivity (Wildman–Crippen MR) is 76.2 cm³/mol. The van der Waals surface area contributed by atoms with Crippen LogP contribution in [0.3, 0.4) is 0 Å². The Hall–Kier alpha value is -1.89. The number of methoxy groups -OCH3 is 1. The van der Waals surface area contributed by atoms with E-state index in [0.29, 0.717) is 41.2 Å². The van der Waals surface area contributed by atoms with Gasteiger partial charge in [-0.05, 0) is 12.1 Å². The van der Waals surface area contributed by atoms with E-state index in [4.69, 9.17) is 14.2 Å². The number of thioether (sulfide) groups is 1. The van der Waals surface area contributed by atoms with Crippen LogP contribution < -0.4 is 19.5 Å². The van der Waals surface area contributed by atoms with Crippen LogP contribution in [0.4, 0.5) is 0 Å². The van der Waals surface area contributed by atoms with Crippen molar-refractivity contribution in [3.63, 3.8) is 0 Å². The molecule has 1 N–H and O–H groups in total. The fraction of sp³-hybridized carbons (Fsp3) is 0.385. The largest absolute Gasteiger partial charge is 0.493 e. The second kappa shape index (κ2) is 5.62. The van der Waals surface area contributed by atoms with Crippen molar-refractivity contribution in [3.05, 3.63) is 17.7 Å². The fourth-order valence-electron chi connectivity index (χ4n) is 1.98. The number of carbonyl (C=O) groups is 1. The maximum atomic E-state index is 12.2. The van der Waals surface area contributed by atoms with Crippen LogP contribution >= 0.6 is 11.8 Å². The van der Waals surface area contributed by atoms with Crippen LogP contribution in [0.2, 0.25) is 0 Å². The lowest BCUT2D eigenvalue weighted by Crippen LogP contribution is -2.27. The number of ether oxygens (including phenoxy) is 3. The molecule has 0 aromatic heterocycles. The van der Waals surface area contributed by atoms with E-state index < -0.39 is 0 Å². The molecule has 0 saturated carbocycles. The number of hydrogen-bond donors (Lipinski definition) is 1. The summed E-state index contributed by atoms with van der Waals surface area (Å²) < 4.78 is 16.3. The molecular weight excluding hydrogens is 280 g/mol. The van der Waals surface area contributed by atoms with Crippen molar-refractivity contribution in [3.8, 4) is 17.2 Å². The van der Waals surface area contributed by atoms with Gasteiger partial charge in [-0.1, -0.05) is 11.8 Å². The maximum absolute atomic E-state index is 12.2. The highest BCUT2D eigenvalue weighted by atomic mass is 32.2. The van der Waals surface area contributed by atoms with Gasteiger partial charge in [0.25, 0.3) is 5.91 Å². The van der Waals surface area contributed by atoms with E-state index in [9.17, 15) is 4.79 Å². The van der Waals surface area contributed by atoms with Gasteiger partial charge >= 0.3 is 0 Å². The van der Waals surface area contributed by atoms with Crippen LogP contribution in [0, 0.1) is 0 Å². The number of rotatable bonds is 2. The number of hydrogen-bond acceptors (Lipinski definition) is 6. The van der Waals surface area contributed by atoms with E-state index in [2.05, 4.69) is 10.3 Å². The zero-order valence-electron chi connectivity index (χ0n) is 11.0. The number of fused-ring (bicyclic) bond motifs is 1. The summed E-state index contributed by atoms with van der Waals surface area (Å²) in [7, 11) is 1.53. The van der Waals surface area contributed by atoms with Crippen molar-refractivity contribution in [1.29, 1.82) is 0 Å². The monoisotopic (exact) mass is 294 g/mol. The van der Waals surface area contributed by atoms with Crippen molar-refractivity contribution in [2.24, 2.45) is 4.99 Å². The van der Waals surface area contributed by atoms with Gasteiger partial charge in [0.15, 0.2) is 16.7 Å². The Labute approximate surface area is 120 Å². The summed E-state index contributed by atoms with van der Waals surface area (Å²) in [6.07, 6.45) is 0. The Morgan fingerprint density at radius 2 is 2.25 bits per heavy atom. The molecule has 0 spiro atoms. The highest BCUT2D eigenvalue weighted by molar-refractivity contribution is 8.14. The summed E-state index contributed by atoms with van der Waals surface area (Å²) in [5.74, 6) is 2.24. The SMILES string of the molecule is COc1cc(C(=O)NC2=NCCS2)cc2c1OCCO2. The quantitative estimate of drug-likeness (QED) is 0.890. The fourth-order valence-corrected chi connectivity index (χ4v) is 2.71. The molecule has 2 heterocycles. The van der Waals surface area contributed by atoms with Crippen LogP contribution in [-0.4, -0.2) is 43.7 Å².